The van der Waals surface area contributed by atoms with Crippen molar-refractivity contribution in [3.63, 3.8) is 0 Å². The maximum atomic E-state index is 12.8. The Balaban J connectivity index is 2.06. The number of rotatable bonds is 5. The Morgan fingerprint density at radius 1 is 1.04 bits per heavy atom. The van der Waals surface area contributed by atoms with Crippen molar-refractivity contribution in [2.75, 3.05) is 33.3 Å². The number of methoxy groups -OCH3 is 3. The van der Waals surface area contributed by atoms with E-state index in [4.69, 9.17) is 14.2 Å². The third-order valence-electron chi connectivity index (χ3n) is 4.58. The van der Waals surface area contributed by atoms with Crippen LogP contribution in [0.5, 0.6) is 17.2 Å². The Labute approximate surface area is 155 Å². The third kappa shape index (κ3) is 3.06. The van der Waals surface area contributed by atoms with Crippen LogP contribution in [0.1, 0.15) is 17.0 Å². The summed E-state index contributed by atoms with van der Waals surface area (Å²) in [6.07, 6.45) is 0.489. The fourth-order valence-corrected chi connectivity index (χ4v) is 3.65. The number of hydrogen-bond acceptors (Lipinski definition) is 4. The van der Waals surface area contributed by atoms with E-state index in [-0.39, 0.29) is 11.8 Å². The van der Waals surface area contributed by atoms with Gasteiger partial charge in [-0.05, 0) is 30.2 Å². The average molecular weight is 406 g/mol. The van der Waals surface area contributed by atoms with Crippen LogP contribution in [0, 0.1) is 0 Å². The van der Waals surface area contributed by atoms with E-state index < -0.39 is 0 Å². The largest absolute Gasteiger partial charge is 0.496 e. The molecule has 1 unspecified atom stereocenters. The topological polar surface area (TPSA) is 48.0 Å². The van der Waals surface area contributed by atoms with Gasteiger partial charge in [-0.25, -0.2) is 0 Å². The molecular formula is C19H20BrNO4. The number of halogens is 1. The zero-order valence-electron chi connectivity index (χ0n) is 14.6. The van der Waals surface area contributed by atoms with E-state index in [2.05, 4.69) is 15.9 Å². The van der Waals surface area contributed by atoms with Crippen molar-refractivity contribution in [1.29, 1.82) is 0 Å². The highest BCUT2D eigenvalue weighted by atomic mass is 79.9. The van der Waals surface area contributed by atoms with E-state index in [1.807, 2.05) is 30.3 Å². The van der Waals surface area contributed by atoms with Crippen LogP contribution >= 0.6 is 15.9 Å². The lowest BCUT2D eigenvalue weighted by atomic mass is 9.92. The van der Waals surface area contributed by atoms with Crippen LogP contribution in [0.4, 0.5) is 5.69 Å². The van der Waals surface area contributed by atoms with Gasteiger partial charge in [0.1, 0.15) is 17.2 Å². The zero-order chi connectivity index (χ0) is 18.1. The van der Waals surface area contributed by atoms with Crippen LogP contribution in [0.25, 0.3) is 0 Å². The minimum absolute atomic E-state index is 0.0630. The molecule has 6 heteroatoms. The summed E-state index contributed by atoms with van der Waals surface area (Å²) in [6, 6.07) is 9.52. The molecule has 0 fully saturated rings. The van der Waals surface area contributed by atoms with E-state index in [0.29, 0.717) is 23.7 Å². The van der Waals surface area contributed by atoms with E-state index >= 15 is 0 Å². The number of nitrogens with zero attached hydrogens (tertiary/aromatic N) is 1. The van der Waals surface area contributed by atoms with Gasteiger partial charge in [0.2, 0.25) is 5.91 Å². The quantitative estimate of drug-likeness (QED) is 0.759. The number of benzene rings is 2. The van der Waals surface area contributed by atoms with Gasteiger partial charge < -0.3 is 19.1 Å². The minimum Gasteiger partial charge on any atom is -0.496 e. The second-order valence-electron chi connectivity index (χ2n) is 5.87. The maximum Gasteiger partial charge on any atom is 0.234 e. The zero-order valence-corrected chi connectivity index (χ0v) is 16.2. The number of carbonyl (C=O) groups is 1. The van der Waals surface area contributed by atoms with Crippen molar-refractivity contribution in [2.24, 2.45) is 0 Å². The Bertz CT molecular complexity index is 796. The number of ether oxygens (including phenoxy) is 3. The molecule has 0 aromatic heterocycles. The summed E-state index contributed by atoms with van der Waals surface area (Å²) in [5, 5.41) is 0. The van der Waals surface area contributed by atoms with Gasteiger partial charge in [0, 0.05) is 34.9 Å². The van der Waals surface area contributed by atoms with Gasteiger partial charge in [-0.3, -0.25) is 4.79 Å². The van der Waals surface area contributed by atoms with Crippen molar-refractivity contribution >= 4 is 27.5 Å². The lowest BCUT2D eigenvalue weighted by molar-refractivity contribution is -0.119. The van der Waals surface area contributed by atoms with Gasteiger partial charge in [-0.1, -0.05) is 15.9 Å². The Morgan fingerprint density at radius 2 is 1.68 bits per heavy atom. The highest BCUT2D eigenvalue weighted by Crippen LogP contribution is 2.43. The van der Waals surface area contributed by atoms with Gasteiger partial charge >= 0.3 is 0 Å². The molecule has 0 radical (unpaired) electrons. The van der Waals surface area contributed by atoms with Crippen molar-refractivity contribution < 1.29 is 19.0 Å². The third-order valence-corrected chi connectivity index (χ3v) is 5.07. The molecule has 5 nitrogen and oxygen atoms in total. The fraction of sp³-hybridized carbons (Fsp3) is 0.316. The summed E-state index contributed by atoms with van der Waals surface area (Å²) in [7, 11) is 6.60. The molecule has 0 saturated heterocycles. The molecule has 132 valence electrons. The number of anilines is 1. The smallest absolute Gasteiger partial charge is 0.234 e. The van der Waals surface area contributed by atoms with Crippen LogP contribution in [0.3, 0.4) is 0 Å². The molecule has 1 heterocycles. The molecule has 25 heavy (non-hydrogen) atoms. The number of carbonyl (C=O) groups excluding carboxylic acids is 1. The molecule has 1 amide bonds. The Morgan fingerprint density at radius 3 is 2.24 bits per heavy atom. The first kappa shape index (κ1) is 17.6. The summed E-state index contributed by atoms with van der Waals surface area (Å²) in [5.74, 6) is 1.72. The number of hydrogen-bond donors (Lipinski definition) is 0. The summed E-state index contributed by atoms with van der Waals surface area (Å²) in [4.78, 5) is 14.5. The predicted octanol–water partition coefficient (Wildman–Crippen LogP) is 3.78. The first-order valence-corrected chi connectivity index (χ1v) is 8.65. The van der Waals surface area contributed by atoms with E-state index in [1.54, 1.807) is 33.3 Å². The molecule has 2 aromatic rings. The molecule has 0 aliphatic carbocycles. The molecule has 0 saturated carbocycles. The monoisotopic (exact) mass is 405 g/mol. The minimum atomic E-state index is -0.284. The first-order valence-electron chi connectivity index (χ1n) is 7.86. The summed E-state index contributed by atoms with van der Waals surface area (Å²) in [6.45, 7) is 0. The predicted molar refractivity (Wildman–Crippen MR) is 100 cm³/mol. The molecule has 1 atom stereocenters. The van der Waals surface area contributed by atoms with Crippen LogP contribution in [0.15, 0.2) is 34.8 Å². The number of amides is 1. The standard InChI is InChI=1S/C19H20BrNO4/c1-21-16-6-5-11(20)7-13(16)14(19(21)22)10-15-17(24-3)8-12(23-2)9-18(15)25-4/h5-9,14H,10H2,1-4H3. The SMILES string of the molecule is COc1cc(OC)c(CC2C(=O)N(C)c3ccc(Br)cc32)c(OC)c1. The summed E-state index contributed by atoms with van der Waals surface area (Å²) < 4.78 is 17.3. The van der Waals surface area contributed by atoms with Crippen LogP contribution in [-0.4, -0.2) is 34.3 Å². The molecular weight excluding hydrogens is 386 g/mol. The molecule has 3 rings (SSSR count). The van der Waals surface area contributed by atoms with E-state index in [0.717, 1.165) is 21.3 Å². The summed E-state index contributed by atoms with van der Waals surface area (Å²) >= 11 is 3.50. The number of fused-ring (bicyclic) bond motifs is 1. The van der Waals surface area contributed by atoms with Gasteiger partial charge in [0.25, 0.3) is 0 Å². The molecule has 2 aromatic carbocycles. The van der Waals surface area contributed by atoms with Gasteiger partial charge in [-0.2, -0.15) is 0 Å². The number of likely N-dealkylation sites (N-methyl/N-ethyl adjacent to an activating group) is 1. The lowest BCUT2D eigenvalue weighted by Gasteiger charge is -2.18. The van der Waals surface area contributed by atoms with Crippen LogP contribution in [-0.2, 0) is 11.2 Å². The van der Waals surface area contributed by atoms with Crippen molar-refractivity contribution in [3.8, 4) is 17.2 Å². The van der Waals surface area contributed by atoms with Gasteiger partial charge in [0.05, 0.1) is 27.2 Å². The maximum absolute atomic E-state index is 12.8. The van der Waals surface area contributed by atoms with E-state index in [9.17, 15) is 4.79 Å². The van der Waals surface area contributed by atoms with Crippen molar-refractivity contribution in [2.45, 2.75) is 12.3 Å². The van der Waals surface area contributed by atoms with Crippen molar-refractivity contribution in [3.05, 3.63) is 45.9 Å². The van der Waals surface area contributed by atoms with Gasteiger partial charge in [0.15, 0.2) is 0 Å². The fourth-order valence-electron chi connectivity index (χ4n) is 3.28. The molecule has 0 spiro atoms. The Hall–Kier alpha value is -2.21. The van der Waals surface area contributed by atoms with Gasteiger partial charge in [-0.15, -0.1) is 0 Å². The molecule has 1 aliphatic rings. The molecule has 0 bridgehead atoms. The lowest BCUT2D eigenvalue weighted by Crippen LogP contribution is -2.25. The van der Waals surface area contributed by atoms with Crippen LogP contribution in [0.2, 0.25) is 0 Å². The second kappa shape index (κ2) is 6.96. The summed E-state index contributed by atoms with van der Waals surface area (Å²) in [5.41, 5.74) is 2.79. The normalized spacial score (nSPS) is 16.0. The second-order valence-corrected chi connectivity index (χ2v) is 6.78. The molecule has 0 N–H and O–H groups in total. The highest BCUT2D eigenvalue weighted by Gasteiger charge is 2.36. The van der Waals surface area contributed by atoms with Crippen LogP contribution < -0.4 is 19.1 Å². The highest BCUT2D eigenvalue weighted by molar-refractivity contribution is 9.10. The average Bonchev–Trinajstić information content (AvgIpc) is 2.85. The first-order chi connectivity index (χ1) is 12.0. The Kier molecular flexibility index (Phi) is 4.90. The molecule has 1 aliphatic heterocycles. The van der Waals surface area contributed by atoms with Crippen molar-refractivity contribution in [1.82, 2.24) is 0 Å². The van der Waals surface area contributed by atoms with E-state index in [1.165, 1.54) is 0 Å².